The van der Waals surface area contributed by atoms with Crippen LogP contribution in [0.3, 0.4) is 0 Å². The average Bonchev–Trinajstić information content (AvgIpc) is 3.23. The van der Waals surface area contributed by atoms with Gasteiger partial charge in [-0.3, -0.25) is 0 Å². The number of nitrogens with one attached hydrogen (secondary N) is 1. The lowest BCUT2D eigenvalue weighted by molar-refractivity contribution is 0.238. The van der Waals surface area contributed by atoms with Crippen LogP contribution in [0.15, 0.2) is 18.2 Å². The third kappa shape index (κ3) is 4.50. The van der Waals surface area contributed by atoms with Crippen LogP contribution >= 0.6 is 0 Å². The van der Waals surface area contributed by atoms with Crippen molar-refractivity contribution in [1.29, 1.82) is 0 Å². The number of benzene rings is 1. The average molecular weight is 265 g/mol. The van der Waals surface area contributed by atoms with Gasteiger partial charge in [0.25, 0.3) is 0 Å². The van der Waals surface area contributed by atoms with Crippen molar-refractivity contribution in [2.75, 3.05) is 6.61 Å². The fraction of sp³-hybridized carbons (Fsp3) is 0.625. The molecule has 1 aliphatic rings. The highest BCUT2D eigenvalue weighted by atomic mass is 19.1. The second kappa shape index (κ2) is 6.90. The maximum Gasteiger partial charge on any atom is 0.123 e. The number of hydrogen-bond donors (Lipinski definition) is 1. The van der Waals surface area contributed by atoms with Crippen LogP contribution in [0.2, 0.25) is 0 Å². The summed E-state index contributed by atoms with van der Waals surface area (Å²) in [5, 5.41) is 3.41. The molecule has 0 aromatic heterocycles. The molecule has 0 unspecified atom stereocenters. The quantitative estimate of drug-likeness (QED) is 0.770. The maximum absolute atomic E-state index is 13.3. The predicted molar refractivity (Wildman–Crippen MR) is 75.8 cm³/mol. The summed E-state index contributed by atoms with van der Waals surface area (Å²) in [7, 11) is 0. The minimum absolute atomic E-state index is 0.192. The molecule has 0 radical (unpaired) electrons. The molecule has 0 saturated heterocycles. The lowest BCUT2D eigenvalue weighted by atomic mass is 10.1. The van der Waals surface area contributed by atoms with Crippen molar-refractivity contribution in [3.05, 3.63) is 29.6 Å². The van der Waals surface area contributed by atoms with Crippen molar-refractivity contribution < 1.29 is 9.13 Å². The van der Waals surface area contributed by atoms with Crippen LogP contribution in [0.1, 0.15) is 45.1 Å². The molecule has 2 nitrogen and oxygen atoms in total. The highest BCUT2D eigenvalue weighted by Crippen LogP contribution is 2.24. The maximum atomic E-state index is 13.3. The SMILES string of the molecule is CCC(CC)COc1ccc(F)cc1CNC1CC1. The van der Waals surface area contributed by atoms with Gasteiger partial charge in [0, 0.05) is 18.2 Å². The molecular formula is C16H24FNO. The van der Waals surface area contributed by atoms with Gasteiger partial charge in [-0.1, -0.05) is 26.7 Å². The molecule has 1 saturated carbocycles. The van der Waals surface area contributed by atoms with Gasteiger partial charge in [0.1, 0.15) is 11.6 Å². The summed E-state index contributed by atoms with van der Waals surface area (Å²) in [6.45, 7) is 5.77. The molecule has 1 aromatic rings. The minimum Gasteiger partial charge on any atom is -0.493 e. The Hall–Kier alpha value is -1.09. The van der Waals surface area contributed by atoms with E-state index in [0.717, 1.165) is 30.8 Å². The lowest BCUT2D eigenvalue weighted by Crippen LogP contribution is -2.17. The normalized spacial score (nSPS) is 14.9. The standard InChI is InChI=1S/C16H24FNO/c1-3-12(4-2)11-19-16-8-5-14(17)9-13(16)10-18-15-6-7-15/h5,8-9,12,15,18H,3-4,6-7,10-11H2,1-2H3. The van der Waals surface area contributed by atoms with Crippen molar-refractivity contribution in [1.82, 2.24) is 5.32 Å². The first-order valence-corrected chi connectivity index (χ1v) is 7.37. The molecule has 0 heterocycles. The Morgan fingerprint density at radius 2 is 2.05 bits per heavy atom. The third-order valence-electron chi connectivity index (χ3n) is 3.81. The second-order valence-electron chi connectivity index (χ2n) is 5.40. The Kier molecular flexibility index (Phi) is 5.20. The van der Waals surface area contributed by atoms with E-state index in [1.165, 1.54) is 18.9 Å². The molecule has 0 aliphatic heterocycles. The number of rotatable bonds is 8. The van der Waals surface area contributed by atoms with Crippen molar-refractivity contribution >= 4 is 0 Å². The predicted octanol–water partition coefficient (Wildman–Crippen LogP) is 3.89. The number of halogens is 1. The molecule has 0 atom stereocenters. The molecule has 0 amide bonds. The Morgan fingerprint density at radius 1 is 1.32 bits per heavy atom. The summed E-state index contributed by atoms with van der Waals surface area (Å²) in [6.07, 6.45) is 4.71. The van der Waals surface area contributed by atoms with Crippen molar-refractivity contribution in [3.63, 3.8) is 0 Å². The smallest absolute Gasteiger partial charge is 0.123 e. The molecule has 0 bridgehead atoms. The van der Waals surface area contributed by atoms with Gasteiger partial charge in [-0.15, -0.1) is 0 Å². The second-order valence-corrected chi connectivity index (χ2v) is 5.40. The number of ether oxygens (including phenoxy) is 1. The van der Waals surface area contributed by atoms with Crippen molar-refractivity contribution in [3.8, 4) is 5.75 Å². The first kappa shape index (κ1) is 14.3. The fourth-order valence-electron chi connectivity index (χ4n) is 2.10. The van der Waals surface area contributed by atoms with E-state index in [0.29, 0.717) is 18.5 Å². The van der Waals surface area contributed by atoms with Crippen LogP contribution in [0, 0.1) is 11.7 Å². The molecule has 2 rings (SSSR count). The van der Waals surface area contributed by atoms with Gasteiger partial charge in [0.2, 0.25) is 0 Å². The molecule has 0 spiro atoms. The minimum atomic E-state index is -0.192. The van der Waals surface area contributed by atoms with Gasteiger partial charge < -0.3 is 10.1 Å². The largest absolute Gasteiger partial charge is 0.493 e. The van der Waals surface area contributed by atoms with Gasteiger partial charge in [-0.05, 0) is 37.0 Å². The van der Waals surface area contributed by atoms with E-state index in [2.05, 4.69) is 19.2 Å². The van der Waals surface area contributed by atoms with Crippen LogP contribution < -0.4 is 10.1 Å². The Morgan fingerprint density at radius 3 is 2.68 bits per heavy atom. The Labute approximate surface area is 115 Å². The molecule has 19 heavy (non-hydrogen) atoms. The molecule has 106 valence electrons. The Bertz CT molecular complexity index is 400. The number of hydrogen-bond acceptors (Lipinski definition) is 2. The van der Waals surface area contributed by atoms with E-state index in [9.17, 15) is 4.39 Å². The molecule has 1 fully saturated rings. The summed E-state index contributed by atoms with van der Waals surface area (Å²) < 4.78 is 19.2. The van der Waals surface area contributed by atoms with Crippen LogP contribution in [0.25, 0.3) is 0 Å². The molecule has 3 heteroatoms. The third-order valence-corrected chi connectivity index (χ3v) is 3.81. The van der Waals surface area contributed by atoms with E-state index in [1.807, 2.05) is 0 Å². The zero-order chi connectivity index (χ0) is 13.7. The summed E-state index contributed by atoms with van der Waals surface area (Å²) in [5.74, 6) is 1.21. The Balaban J connectivity index is 1.96. The zero-order valence-corrected chi connectivity index (χ0v) is 11.9. The van der Waals surface area contributed by atoms with Crippen molar-refractivity contribution in [2.45, 2.75) is 52.1 Å². The topological polar surface area (TPSA) is 21.3 Å². The monoisotopic (exact) mass is 265 g/mol. The van der Waals surface area contributed by atoms with Crippen LogP contribution in [0.5, 0.6) is 5.75 Å². The highest BCUT2D eigenvalue weighted by Gasteiger charge is 2.20. The van der Waals surface area contributed by atoms with Crippen LogP contribution in [-0.4, -0.2) is 12.6 Å². The van der Waals surface area contributed by atoms with E-state index in [-0.39, 0.29) is 5.82 Å². The first-order chi connectivity index (χ1) is 9.22. The van der Waals surface area contributed by atoms with Gasteiger partial charge in [-0.25, -0.2) is 4.39 Å². The molecule has 1 aromatic carbocycles. The van der Waals surface area contributed by atoms with E-state index in [1.54, 1.807) is 12.1 Å². The van der Waals surface area contributed by atoms with E-state index < -0.39 is 0 Å². The van der Waals surface area contributed by atoms with Gasteiger partial charge in [-0.2, -0.15) is 0 Å². The van der Waals surface area contributed by atoms with E-state index >= 15 is 0 Å². The summed E-state index contributed by atoms with van der Waals surface area (Å²) >= 11 is 0. The molecular weight excluding hydrogens is 241 g/mol. The van der Waals surface area contributed by atoms with Gasteiger partial charge >= 0.3 is 0 Å². The summed E-state index contributed by atoms with van der Waals surface area (Å²) in [6, 6.07) is 5.43. The zero-order valence-electron chi connectivity index (χ0n) is 11.9. The van der Waals surface area contributed by atoms with Gasteiger partial charge in [0.15, 0.2) is 0 Å². The molecule has 1 aliphatic carbocycles. The van der Waals surface area contributed by atoms with Gasteiger partial charge in [0.05, 0.1) is 6.61 Å². The van der Waals surface area contributed by atoms with Crippen molar-refractivity contribution in [2.24, 2.45) is 5.92 Å². The summed E-state index contributed by atoms with van der Waals surface area (Å²) in [5.41, 5.74) is 0.929. The van der Waals surface area contributed by atoms with Crippen LogP contribution in [0.4, 0.5) is 4.39 Å². The lowest BCUT2D eigenvalue weighted by Gasteiger charge is -2.16. The highest BCUT2D eigenvalue weighted by molar-refractivity contribution is 5.34. The van der Waals surface area contributed by atoms with E-state index in [4.69, 9.17) is 4.74 Å². The first-order valence-electron chi connectivity index (χ1n) is 7.37. The fourth-order valence-corrected chi connectivity index (χ4v) is 2.10. The summed E-state index contributed by atoms with van der Waals surface area (Å²) in [4.78, 5) is 0. The molecule has 1 N–H and O–H groups in total. The van der Waals surface area contributed by atoms with Crippen LogP contribution in [-0.2, 0) is 6.54 Å².